The number of carbonyl (C=O) groups excluding carboxylic acids is 1. The summed E-state index contributed by atoms with van der Waals surface area (Å²) >= 11 is 0. The molecule has 2 aromatic heterocycles. The van der Waals surface area contributed by atoms with Gasteiger partial charge in [-0.05, 0) is 63.7 Å². The van der Waals surface area contributed by atoms with Gasteiger partial charge in [-0.3, -0.25) is 14.5 Å². The standard InChI is InChI=1S/C26H32N6O3S/c1-31(2)12-6-11-27-24-21(30-36(4,34)35)14-18(15-29-24)17-7-8-20-19(13-17)23-22(16-28-20)32(3)25(33)26(23)9-5-10-26/h7-8,13-16,30H,5-6,9-12H2,1-4H3,(H,27,29). The van der Waals surface area contributed by atoms with Crippen LogP contribution in [0.4, 0.5) is 17.2 Å². The number of carbonyl (C=O) groups is 1. The average Bonchev–Trinajstić information content (AvgIpc) is 3.03. The van der Waals surface area contributed by atoms with E-state index in [4.69, 9.17) is 0 Å². The number of likely N-dealkylation sites (N-methyl/N-ethyl adjacent to an activating group) is 1. The Labute approximate surface area is 212 Å². The highest BCUT2D eigenvalue weighted by atomic mass is 32.2. The predicted molar refractivity (Wildman–Crippen MR) is 144 cm³/mol. The second-order valence-corrected chi connectivity index (χ2v) is 11.9. The molecular formula is C26H32N6O3S. The van der Waals surface area contributed by atoms with Crippen molar-refractivity contribution < 1.29 is 13.2 Å². The molecule has 10 heteroatoms. The molecule has 5 rings (SSSR count). The van der Waals surface area contributed by atoms with E-state index in [1.165, 1.54) is 0 Å². The Morgan fingerprint density at radius 1 is 1.11 bits per heavy atom. The van der Waals surface area contributed by atoms with Crippen molar-refractivity contribution in [3.05, 3.63) is 42.2 Å². The van der Waals surface area contributed by atoms with Gasteiger partial charge in [0.15, 0.2) is 0 Å². The first-order valence-corrected chi connectivity index (χ1v) is 14.1. The summed E-state index contributed by atoms with van der Waals surface area (Å²) in [7, 11) is 2.35. The molecule has 9 nitrogen and oxygen atoms in total. The summed E-state index contributed by atoms with van der Waals surface area (Å²) < 4.78 is 26.8. The number of aromatic nitrogens is 2. The lowest BCUT2D eigenvalue weighted by molar-refractivity contribution is -0.125. The number of hydrogen-bond donors (Lipinski definition) is 2. The van der Waals surface area contributed by atoms with Crippen molar-refractivity contribution in [2.45, 2.75) is 31.1 Å². The van der Waals surface area contributed by atoms with Crippen LogP contribution in [0.3, 0.4) is 0 Å². The van der Waals surface area contributed by atoms with E-state index < -0.39 is 15.4 Å². The van der Waals surface area contributed by atoms with Crippen LogP contribution >= 0.6 is 0 Å². The fourth-order valence-corrected chi connectivity index (χ4v) is 5.85. The largest absolute Gasteiger partial charge is 0.368 e. The van der Waals surface area contributed by atoms with Crippen LogP contribution in [0.1, 0.15) is 31.2 Å². The highest BCUT2D eigenvalue weighted by molar-refractivity contribution is 7.92. The lowest BCUT2D eigenvalue weighted by atomic mass is 9.64. The molecule has 0 bridgehead atoms. The minimum atomic E-state index is -3.50. The Balaban J connectivity index is 1.55. The summed E-state index contributed by atoms with van der Waals surface area (Å²) in [6.07, 6.45) is 8.31. The van der Waals surface area contributed by atoms with Crippen molar-refractivity contribution in [1.82, 2.24) is 14.9 Å². The summed E-state index contributed by atoms with van der Waals surface area (Å²) in [5.41, 5.74) is 4.40. The Kier molecular flexibility index (Phi) is 6.12. The molecule has 3 heterocycles. The maximum absolute atomic E-state index is 13.1. The number of rotatable bonds is 8. The van der Waals surface area contributed by atoms with E-state index >= 15 is 0 Å². The quantitative estimate of drug-likeness (QED) is 0.449. The van der Waals surface area contributed by atoms with Gasteiger partial charge in [0, 0.05) is 36.3 Å². The third-order valence-electron chi connectivity index (χ3n) is 7.20. The van der Waals surface area contributed by atoms with E-state index in [9.17, 15) is 13.2 Å². The molecule has 0 unspecified atom stereocenters. The van der Waals surface area contributed by atoms with Crippen LogP contribution in [0, 0.1) is 0 Å². The monoisotopic (exact) mass is 508 g/mol. The van der Waals surface area contributed by atoms with Crippen LogP contribution < -0.4 is 14.9 Å². The number of sulfonamides is 1. The molecule has 2 N–H and O–H groups in total. The van der Waals surface area contributed by atoms with Crippen molar-refractivity contribution >= 4 is 44.0 Å². The van der Waals surface area contributed by atoms with Gasteiger partial charge in [-0.15, -0.1) is 0 Å². The van der Waals surface area contributed by atoms with Crippen molar-refractivity contribution in [3.63, 3.8) is 0 Å². The number of benzene rings is 1. The number of pyridine rings is 2. The Morgan fingerprint density at radius 2 is 1.89 bits per heavy atom. The maximum Gasteiger partial charge on any atom is 0.237 e. The Bertz CT molecular complexity index is 1450. The van der Waals surface area contributed by atoms with E-state index in [0.717, 1.165) is 71.8 Å². The first-order chi connectivity index (χ1) is 17.1. The van der Waals surface area contributed by atoms with Crippen LogP contribution in [-0.4, -0.2) is 69.7 Å². The lowest BCUT2D eigenvalue weighted by Crippen LogP contribution is -2.43. The number of fused-ring (bicyclic) bond motifs is 4. The first-order valence-electron chi connectivity index (χ1n) is 12.2. The van der Waals surface area contributed by atoms with Crippen molar-refractivity contribution in [2.24, 2.45) is 0 Å². The molecule has 36 heavy (non-hydrogen) atoms. The predicted octanol–water partition coefficient (Wildman–Crippen LogP) is 3.43. The number of nitrogens with zero attached hydrogens (tertiary/aromatic N) is 4. The highest BCUT2D eigenvalue weighted by Gasteiger charge is 2.54. The molecule has 1 saturated carbocycles. The van der Waals surface area contributed by atoms with Gasteiger partial charge in [0.05, 0.1) is 34.8 Å². The third-order valence-corrected chi connectivity index (χ3v) is 7.79. The molecule has 1 aliphatic carbocycles. The van der Waals surface area contributed by atoms with Crippen molar-refractivity contribution in [1.29, 1.82) is 0 Å². The number of hydrogen-bond acceptors (Lipinski definition) is 7. The SMILES string of the molecule is CN(C)CCCNc1ncc(-c2ccc3ncc4c(c3c2)C2(CCC2)C(=O)N4C)cc1NS(C)(=O)=O. The Morgan fingerprint density at radius 3 is 2.56 bits per heavy atom. The van der Waals surface area contributed by atoms with Gasteiger partial charge in [-0.25, -0.2) is 13.4 Å². The fraction of sp³-hybridized carbons (Fsp3) is 0.423. The average molecular weight is 509 g/mol. The molecular weight excluding hydrogens is 476 g/mol. The van der Waals surface area contributed by atoms with Crippen LogP contribution in [0.25, 0.3) is 22.0 Å². The van der Waals surface area contributed by atoms with E-state index in [-0.39, 0.29) is 5.91 Å². The molecule has 0 radical (unpaired) electrons. The van der Waals surface area contributed by atoms with Gasteiger partial charge >= 0.3 is 0 Å². The van der Waals surface area contributed by atoms with Crippen LogP contribution in [-0.2, 0) is 20.2 Å². The van der Waals surface area contributed by atoms with Gasteiger partial charge in [-0.1, -0.05) is 12.5 Å². The minimum Gasteiger partial charge on any atom is -0.368 e. The zero-order valence-electron chi connectivity index (χ0n) is 21.1. The summed E-state index contributed by atoms with van der Waals surface area (Å²) in [6, 6.07) is 7.77. The highest BCUT2D eigenvalue weighted by Crippen LogP contribution is 2.55. The normalized spacial score (nSPS) is 16.5. The molecule has 2 aliphatic rings. The summed E-state index contributed by atoms with van der Waals surface area (Å²) in [5.74, 6) is 0.640. The Hall–Kier alpha value is -3.24. The first kappa shape index (κ1) is 24.5. The minimum absolute atomic E-state index is 0.148. The van der Waals surface area contributed by atoms with Crippen molar-refractivity contribution in [2.75, 3.05) is 55.4 Å². The van der Waals surface area contributed by atoms with Crippen LogP contribution in [0.15, 0.2) is 36.7 Å². The number of amides is 1. The van der Waals surface area contributed by atoms with E-state index in [1.807, 2.05) is 33.3 Å². The topological polar surface area (TPSA) is 108 Å². The van der Waals surface area contributed by atoms with Gasteiger partial charge in [0.1, 0.15) is 5.82 Å². The van der Waals surface area contributed by atoms with Crippen molar-refractivity contribution in [3.8, 4) is 11.1 Å². The van der Waals surface area contributed by atoms with Crippen LogP contribution in [0.2, 0.25) is 0 Å². The lowest BCUT2D eigenvalue weighted by Gasteiger charge is -2.37. The molecule has 3 aromatic rings. The van der Waals surface area contributed by atoms with Crippen LogP contribution in [0.5, 0.6) is 0 Å². The van der Waals surface area contributed by atoms with Gasteiger partial charge in [0.2, 0.25) is 15.9 Å². The number of anilines is 3. The summed E-state index contributed by atoms with van der Waals surface area (Å²) in [5, 5.41) is 4.22. The zero-order chi connectivity index (χ0) is 25.7. The summed E-state index contributed by atoms with van der Waals surface area (Å²) in [4.78, 5) is 26.1. The maximum atomic E-state index is 13.1. The molecule has 1 aromatic carbocycles. The molecule has 0 atom stereocenters. The van der Waals surface area contributed by atoms with Gasteiger partial charge in [0.25, 0.3) is 0 Å². The molecule has 1 aliphatic heterocycles. The van der Waals surface area contributed by atoms with E-state index in [0.29, 0.717) is 18.1 Å². The number of nitrogens with one attached hydrogen (secondary N) is 2. The summed E-state index contributed by atoms with van der Waals surface area (Å²) in [6.45, 7) is 1.58. The molecule has 1 amide bonds. The third kappa shape index (κ3) is 4.28. The van der Waals surface area contributed by atoms with Gasteiger partial charge in [-0.2, -0.15) is 0 Å². The molecule has 1 fully saturated rings. The van der Waals surface area contributed by atoms with E-state index in [2.05, 4.69) is 31.0 Å². The molecule has 1 spiro atoms. The zero-order valence-corrected chi connectivity index (χ0v) is 21.9. The van der Waals surface area contributed by atoms with Gasteiger partial charge < -0.3 is 15.1 Å². The smallest absolute Gasteiger partial charge is 0.237 e. The second-order valence-electron chi connectivity index (χ2n) is 10.1. The molecule has 0 saturated heterocycles. The van der Waals surface area contributed by atoms with E-state index in [1.54, 1.807) is 23.4 Å². The fourth-order valence-electron chi connectivity index (χ4n) is 5.29. The second kappa shape index (κ2) is 9.01. The molecule has 190 valence electrons.